The first-order chi connectivity index (χ1) is 8.80. The van der Waals surface area contributed by atoms with E-state index in [-0.39, 0.29) is 0 Å². The van der Waals surface area contributed by atoms with Crippen LogP contribution in [0.15, 0.2) is 32.0 Å². The second kappa shape index (κ2) is 5.84. The molecule has 1 aromatic rings. The highest BCUT2D eigenvalue weighted by atomic mass is 79.9. The molecule has 19 heavy (non-hydrogen) atoms. The van der Waals surface area contributed by atoms with Crippen LogP contribution in [0.2, 0.25) is 0 Å². The number of halogens is 2. The SMILES string of the molecule is CC1CC(C)CN(S(=O)(=O)c2ccc(Br)cc2Br)C1. The van der Waals surface area contributed by atoms with Crippen LogP contribution in [-0.4, -0.2) is 25.8 Å². The predicted molar refractivity (Wildman–Crippen MR) is 83.5 cm³/mol. The fourth-order valence-corrected chi connectivity index (χ4v) is 6.01. The molecule has 3 nitrogen and oxygen atoms in total. The zero-order chi connectivity index (χ0) is 14.2. The monoisotopic (exact) mass is 409 g/mol. The molecule has 0 aliphatic carbocycles. The van der Waals surface area contributed by atoms with Crippen LogP contribution in [0.5, 0.6) is 0 Å². The minimum atomic E-state index is -3.41. The number of sulfonamides is 1. The maximum atomic E-state index is 12.7. The average Bonchev–Trinajstić information content (AvgIpc) is 2.26. The summed E-state index contributed by atoms with van der Waals surface area (Å²) in [6, 6.07) is 5.17. The second-order valence-electron chi connectivity index (χ2n) is 5.34. The molecular formula is C13H17Br2NO2S. The first-order valence-electron chi connectivity index (χ1n) is 6.26. The molecule has 2 rings (SSSR count). The third-order valence-electron chi connectivity index (χ3n) is 3.35. The van der Waals surface area contributed by atoms with E-state index in [2.05, 4.69) is 45.7 Å². The summed E-state index contributed by atoms with van der Waals surface area (Å²) in [4.78, 5) is 0.344. The van der Waals surface area contributed by atoms with Gasteiger partial charge in [-0.25, -0.2) is 8.42 Å². The van der Waals surface area contributed by atoms with Gasteiger partial charge in [0.1, 0.15) is 0 Å². The normalized spacial score (nSPS) is 25.5. The van der Waals surface area contributed by atoms with Crippen molar-refractivity contribution >= 4 is 41.9 Å². The lowest BCUT2D eigenvalue weighted by Crippen LogP contribution is -2.42. The van der Waals surface area contributed by atoms with E-state index in [4.69, 9.17) is 0 Å². The number of piperidine rings is 1. The Kier molecular flexibility index (Phi) is 4.75. The van der Waals surface area contributed by atoms with Gasteiger partial charge in [-0.15, -0.1) is 0 Å². The summed E-state index contributed by atoms with van der Waals surface area (Å²) in [5.41, 5.74) is 0. The summed E-state index contributed by atoms with van der Waals surface area (Å²) in [6.45, 7) is 5.42. The zero-order valence-corrected chi connectivity index (χ0v) is 14.9. The molecule has 1 aromatic carbocycles. The second-order valence-corrected chi connectivity index (χ2v) is 9.02. The lowest BCUT2D eigenvalue weighted by molar-refractivity contribution is 0.222. The van der Waals surface area contributed by atoms with Crippen molar-refractivity contribution in [1.82, 2.24) is 4.31 Å². The van der Waals surface area contributed by atoms with Crippen molar-refractivity contribution in [2.45, 2.75) is 25.2 Å². The summed E-state index contributed by atoms with van der Waals surface area (Å²) >= 11 is 6.68. The van der Waals surface area contributed by atoms with Gasteiger partial charge in [-0.3, -0.25) is 0 Å². The van der Waals surface area contributed by atoms with Crippen LogP contribution >= 0.6 is 31.9 Å². The predicted octanol–water partition coefficient (Wildman–Crippen LogP) is 3.88. The zero-order valence-electron chi connectivity index (χ0n) is 10.9. The van der Waals surface area contributed by atoms with Crippen LogP contribution < -0.4 is 0 Å². The topological polar surface area (TPSA) is 37.4 Å². The third-order valence-corrected chi connectivity index (χ3v) is 6.65. The smallest absolute Gasteiger partial charge is 0.207 e. The molecule has 1 heterocycles. The van der Waals surface area contributed by atoms with E-state index in [1.807, 2.05) is 0 Å². The van der Waals surface area contributed by atoms with Gasteiger partial charge in [0.05, 0.1) is 4.90 Å². The van der Waals surface area contributed by atoms with Crippen molar-refractivity contribution in [3.8, 4) is 0 Å². The number of rotatable bonds is 2. The number of hydrogen-bond donors (Lipinski definition) is 0. The van der Waals surface area contributed by atoms with E-state index < -0.39 is 10.0 Å². The fraction of sp³-hybridized carbons (Fsp3) is 0.538. The lowest BCUT2D eigenvalue weighted by atomic mass is 9.94. The van der Waals surface area contributed by atoms with Gasteiger partial charge in [0.15, 0.2) is 0 Å². The molecule has 2 atom stereocenters. The van der Waals surface area contributed by atoms with Crippen molar-refractivity contribution in [3.05, 3.63) is 27.1 Å². The lowest BCUT2D eigenvalue weighted by Gasteiger charge is -2.34. The fourth-order valence-electron chi connectivity index (χ4n) is 2.63. The maximum absolute atomic E-state index is 12.7. The Morgan fingerprint density at radius 3 is 2.26 bits per heavy atom. The van der Waals surface area contributed by atoms with Gasteiger partial charge in [0.25, 0.3) is 0 Å². The number of nitrogens with zero attached hydrogens (tertiary/aromatic N) is 1. The van der Waals surface area contributed by atoms with E-state index in [0.29, 0.717) is 34.3 Å². The van der Waals surface area contributed by atoms with Gasteiger partial charge >= 0.3 is 0 Å². The molecule has 0 amide bonds. The van der Waals surface area contributed by atoms with Crippen molar-refractivity contribution in [2.75, 3.05) is 13.1 Å². The molecule has 0 N–H and O–H groups in total. The van der Waals surface area contributed by atoms with Crippen LogP contribution in [0.25, 0.3) is 0 Å². The molecule has 0 radical (unpaired) electrons. The minimum absolute atomic E-state index is 0.344. The van der Waals surface area contributed by atoms with Crippen LogP contribution in [-0.2, 0) is 10.0 Å². The molecule has 0 spiro atoms. The molecule has 1 aliphatic heterocycles. The first-order valence-corrected chi connectivity index (χ1v) is 9.28. The van der Waals surface area contributed by atoms with Crippen molar-refractivity contribution in [3.63, 3.8) is 0 Å². The van der Waals surface area contributed by atoms with Crippen LogP contribution in [0.4, 0.5) is 0 Å². The molecular weight excluding hydrogens is 394 g/mol. The molecule has 2 unspecified atom stereocenters. The van der Waals surface area contributed by atoms with Gasteiger partial charge in [0, 0.05) is 22.0 Å². The largest absolute Gasteiger partial charge is 0.244 e. The molecule has 0 bridgehead atoms. The molecule has 0 saturated carbocycles. The van der Waals surface area contributed by atoms with Crippen molar-refractivity contribution < 1.29 is 8.42 Å². The van der Waals surface area contributed by atoms with E-state index >= 15 is 0 Å². The molecule has 6 heteroatoms. The first kappa shape index (κ1) is 15.5. The Morgan fingerprint density at radius 2 is 1.74 bits per heavy atom. The standard InChI is InChI=1S/C13H17Br2NO2S/c1-9-5-10(2)8-16(7-9)19(17,18)13-4-3-11(14)6-12(13)15/h3-4,6,9-10H,5,7-8H2,1-2H3. The Morgan fingerprint density at radius 1 is 1.16 bits per heavy atom. The number of hydrogen-bond acceptors (Lipinski definition) is 2. The summed E-state index contributed by atoms with van der Waals surface area (Å²) in [5.74, 6) is 0.820. The van der Waals surface area contributed by atoms with E-state index in [1.54, 1.807) is 22.5 Å². The van der Waals surface area contributed by atoms with Gasteiger partial charge in [-0.1, -0.05) is 29.8 Å². The molecule has 1 fully saturated rings. The Labute approximate surface area is 131 Å². The van der Waals surface area contributed by atoms with Crippen LogP contribution in [0, 0.1) is 11.8 Å². The summed E-state index contributed by atoms with van der Waals surface area (Å²) in [5, 5.41) is 0. The van der Waals surface area contributed by atoms with E-state index in [1.165, 1.54) is 0 Å². The highest BCUT2D eigenvalue weighted by Crippen LogP contribution is 2.31. The Bertz CT molecular complexity index is 564. The van der Waals surface area contributed by atoms with Gasteiger partial charge in [-0.2, -0.15) is 4.31 Å². The minimum Gasteiger partial charge on any atom is -0.207 e. The Hall–Kier alpha value is 0.0900. The maximum Gasteiger partial charge on any atom is 0.244 e. The highest BCUT2D eigenvalue weighted by Gasteiger charge is 2.32. The average molecular weight is 411 g/mol. The number of benzene rings is 1. The van der Waals surface area contributed by atoms with E-state index in [9.17, 15) is 8.42 Å². The molecule has 0 aromatic heterocycles. The van der Waals surface area contributed by atoms with E-state index in [0.717, 1.165) is 10.9 Å². The summed E-state index contributed by atoms with van der Waals surface area (Å²) < 4.78 is 28.5. The van der Waals surface area contributed by atoms with Crippen molar-refractivity contribution in [2.24, 2.45) is 11.8 Å². The summed E-state index contributed by atoms with van der Waals surface area (Å²) in [6.07, 6.45) is 1.09. The Balaban J connectivity index is 2.36. The summed E-state index contributed by atoms with van der Waals surface area (Å²) in [7, 11) is -3.41. The van der Waals surface area contributed by atoms with Crippen LogP contribution in [0.1, 0.15) is 20.3 Å². The van der Waals surface area contributed by atoms with Gasteiger partial charge < -0.3 is 0 Å². The third kappa shape index (κ3) is 3.40. The molecule has 1 aliphatic rings. The van der Waals surface area contributed by atoms with Gasteiger partial charge in [-0.05, 0) is 52.4 Å². The quantitative estimate of drug-likeness (QED) is 0.741. The van der Waals surface area contributed by atoms with Crippen molar-refractivity contribution in [1.29, 1.82) is 0 Å². The highest BCUT2D eigenvalue weighted by molar-refractivity contribution is 9.11. The molecule has 1 saturated heterocycles. The van der Waals surface area contributed by atoms with Gasteiger partial charge in [0.2, 0.25) is 10.0 Å². The molecule has 106 valence electrons. The van der Waals surface area contributed by atoms with Crippen LogP contribution in [0.3, 0.4) is 0 Å².